The van der Waals surface area contributed by atoms with Crippen LogP contribution in [0.1, 0.15) is 11.1 Å². The van der Waals surface area contributed by atoms with Crippen molar-refractivity contribution in [1.82, 2.24) is 10.2 Å². The molecule has 16 heavy (non-hydrogen) atoms. The lowest BCUT2D eigenvalue weighted by molar-refractivity contribution is 0.244. The van der Waals surface area contributed by atoms with Crippen LogP contribution in [-0.2, 0) is 6.42 Å². The van der Waals surface area contributed by atoms with Gasteiger partial charge in [-0.05, 0) is 36.6 Å². The van der Waals surface area contributed by atoms with Crippen molar-refractivity contribution in [3.63, 3.8) is 0 Å². The van der Waals surface area contributed by atoms with Gasteiger partial charge in [0.05, 0.1) is 0 Å². The molecule has 3 heteroatoms. The molecule has 1 aliphatic rings. The van der Waals surface area contributed by atoms with E-state index in [0.29, 0.717) is 0 Å². The second-order valence-electron chi connectivity index (χ2n) is 4.41. The lowest BCUT2D eigenvalue weighted by atomic mass is 10.1. The second-order valence-corrected chi connectivity index (χ2v) is 4.85. The largest absolute Gasteiger partial charge is 0.314 e. The Hall–Kier alpha value is -0.570. The highest BCUT2D eigenvalue weighted by Gasteiger charge is 2.09. The van der Waals surface area contributed by atoms with Crippen LogP contribution < -0.4 is 5.32 Å². The van der Waals surface area contributed by atoms with Crippen molar-refractivity contribution in [1.29, 1.82) is 0 Å². The van der Waals surface area contributed by atoms with Crippen LogP contribution in [0.2, 0.25) is 5.02 Å². The molecule has 1 fully saturated rings. The SMILES string of the molecule is Cc1cc(Cl)ccc1CCN1CCNCC1. The van der Waals surface area contributed by atoms with E-state index in [1.54, 1.807) is 0 Å². The summed E-state index contributed by atoms with van der Waals surface area (Å²) >= 11 is 5.95. The summed E-state index contributed by atoms with van der Waals surface area (Å²) in [6.45, 7) is 7.89. The minimum Gasteiger partial charge on any atom is -0.314 e. The van der Waals surface area contributed by atoms with Crippen LogP contribution in [0.5, 0.6) is 0 Å². The topological polar surface area (TPSA) is 15.3 Å². The summed E-state index contributed by atoms with van der Waals surface area (Å²) < 4.78 is 0. The van der Waals surface area contributed by atoms with Gasteiger partial charge in [0.1, 0.15) is 0 Å². The molecule has 2 nitrogen and oxygen atoms in total. The smallest absolute Gasteiger partial charge is 0.0408 e. The molecule has 0 aliphatic carbocycles. The van der Waals surface area contributed by atoms with Gasteiger partial charge in [-0.15, -0.1) is 0 Å². The highest BCUT2D eigenvalue weighted by atomic mass is 35.5. The second kappa shape index (κ2) is 5.67. The Morgan fingerprint density at radius 2 is 2.06 bits per heavy atom. The molecule has 1 heterocycles. The molecule has 88 valence electrons. The molecule has 0 spiro atoms. The van der Waals surface area contributed by atoms with Gasteiger partial charge < -0.3 is 10.2 Å². The van der Waals surface area contributed by atoms with Crippen LogP contribution in [0.3, 0.4) is 0 Å². The number of hydrogen-bond donors (Lipinski definition) is 1. The van der Waals surface area contributed by atoms with Gasteiger partial charge in [-0.2, -0.15) is 0 Å². The summed E-state index contributed by atoms with van der Waals surface area (Å²) in [6, 6.07) is 6.19. The van der Waals surface area contributed by atoms with E-state index in [0.717, 1.165) is 31.1 Å². The summed E-state index contributed by atoms with van der Waals surface area (Å²) in [5, 5.41) is 4.21. The number of hydrogen-bond acceptors (Lipinski definition) is 2. The Morgan fingerprint density at radius 3 is 2.75 bits per heavy atom. The standard InChI is InChI=1S/C13H19ClN2/c1-11-10-13(14)3-2-12(11)4-7-16-8-5-15-6-9-16/h2-3,10,15H,4-9H2,1H3. The van der Waals surface area contributed by atoms with Crippen molar-refractivity contribution in [3.05, 3.63) is 34.3 Å². The maximum atomic E-state index is 5.95. The van der Waals surface area contributed by atoms with Crippen LogP contribution >= 0.6 is 11.6 Å². The molecule has 1 N–H and O–H groups in total. The van der Waals surface area contributed by atoms with E-state index >= 15 is 0 Å². The zero-order valence-corrected chi connectivity index (χ0v) is 10.6. The summed E-state index contributed by atoms with van der Waals surface area (Å²) in [6.07, 6.45) is 1.13. The molecule has 0 amide bonds. The summed E-state index contributed by atoms with van der Waals surface area (Å²) in [5.41, 5.74) is 2.73. The predicted molar refractivity (Wildman–Crippen MR) is 69.2 cm³/mol. The number of nitrogens with one attached hydrogen (secondary N) is 1. The lowest BCUT2D eigenvalue weighted by Crippen LogP contribution is -2.44. The number of rotatable bonds is 3. The molecule has 0 aromatic heterocycles. The Bertz CT molecular complexity index is 346. The number of aryl methyl sites for hydroxylation is 1. The van der Waals surface area contributed by atoms with Gasteiger partial charge in [0.2, 0.25) is 0 Å². The minimum atomic E-state index is 0.837. The summed E-state index contributed by atoms with van der Waals surface area (Å²) in [7, 11) is 0. The van der Waals surface area contributed by atoms with Crippen molar-refractivity contribution >= 4 is 11.6 Å². The van der Waals surface area contributed by atoms with Crippen molar-refractivity contribution in [3.8, 4) is 0 Å². The summed E-state index contributed by atoms with van der Waals surface area (Å²) in [4.78, 5) is 2.52. The predicted octanol–water partition coefficient (Wildman–Crippen LogP) is 2.10. The molecule has 0 unspecified atom stereocenters. The minimum absolute atomic E-state index is 0.837. The fourth-order valence-corrected chi connectivity index (χ4v) is 2.38. The van der Waals surface area contributed by atoms with Crippen LogP contribution in [0.15, 0.2) is 18.2 Å². The maximum Gasteiger partial charge on any atom is 0.0408 e. The third kappa shape index (κ3) is 3.21. The molecule has 1 aromatic rings. The van der Waals surface area contributed by atoms with Crippen molar-refractivity contribution < 1.29 is 0 Å². The van der Waals surface area contributed by atoms with Crippen LogP contribution in [0.25, 0.3) is 0 Å². The quantitative estimate of drug-likeness (QED) is 0.868. The molecular weight excluding hydrogens is 220 g/mol. The van der Waals surface area contributed by atoms with Gasteiger partial charge in [0.15, 0.2) is 0 Å². The number of piperazine rings is 1. The fourth-order valence-electron chi connectivity index (χ4n) is 2.15. The first-order valence-corrected chi connectivity index (χ1v) is 6.31. The molecule has 0 bridgehead atoms. The molecule has 0 radical (unpaired) electrons. The molecule has 2 rings (SSSR count). The van der Waals surface area contributed by atoms with Crippen molar-refractivity contribution in [2.75, 3.05) is 32.7 Å². The molecule has 1 aromatic carbocycles. The highest BCUT2D eigenvalue weighted by molar-refractivity contribution is 6.30. The molecule has 0 atom stereocenters. The Balaban J connectivity index is 1.88. The summed E-state index contributed by atoms with van der Waals surface area (Å²) in [5.74, 6) is 0. The third-order valence-electron chi connectivity index (χ3n) is 3.21. The zero-order chi connectivity index (χ0) is 11.4. The lowest BCUT2D eigenvalue weighted by Gasteiger charge is -2.27. The van der Waals surface area contributed by atoms with Gasteiger partial charge in [-0.1, -0.05) is 17.7 Å². The van der Waals surface area contributed by atoms with Crippen LogP contribution in [-0.4, -0.2) is 37.6 Å². The fraction of sp³-hybridized carbons (Fsp3) is 0.538. The number of halogens is 1. The first kappa shape index (κ1) is 11.9. The van der Waals surface area contributed by atoms with Crippen LogP contribution in [0.4, 0.5) is 0 Å². The van der Waals surface area contributed by atoms with E-state index in [9.17, 15) is 0 Å². The maximum absolute atomic E-state index is 5.95. The third-order valence-corrected chi connectivity index (χ3v) is 3.45. The van der Waals surface area contributed by atoms with Gasteiger partial charge in [0, 0.05) is 37.7 Å². The monoisotopic (exact) mass is 238 g/mol. The van der Waals surface area contributed by atoms with Crippen LogP contribution in [0, 0.1) is 6.92 Å². The van der Waals surface area contributed by atoms with E-state index in [4.69, 9.17) is 11.6 Å². The normalized spacial score (nSPS) is 17.6. The Labute approximate surface area is 103 Å². The van der Waals surface area contributed by atoms with Crippen molar-refractivity contribution in [2.45, 2.75) is 13.3 Å². The Kier molecular flexibility index (Phi) is 4.22. The van der Waals surface area contributed by atoms with E-state index < -0.39 is 0 Å². The van der Waals surface area contributed by atoms with E-state index in [1.165, 1.54) is 24.2 Å². The molecular formula is C13H19ClN2. The van der Waals surface area contributed by atoms with Crippen molar-refractivity contribution in [2.24, 2.45) is 0 Å². The van der Waals surface area contributed by atoms with Gasteiger partial charge in [-0.3, -0.25) is 0 Å². The highest BCUT2D eigenvalue weighted by Crippen LogP contribution is 2.15. The molecule has 0 saturated carbocycles. The molecule has 1 saturated heterocycles. The van der Waals surface area contributed by atoms with E-state index in [1.807, 2.05) is 6.07 Å². The van der Waals surface area contributed by atoms with Gasteiger partial charge >= 0.3 is 0 Å². The average Bonchev–Trinajstić information content (AvgIpc) is 2.29. The van der Waals surface area contributed by atoms with E-state index in [-0.39, 0.29) is 0 Å². The number of nitrogens with zero attached hydrogens (tertiary/aromatic N) is 1. The van der Waals surface area contributed by atoms with Gasteiger partial charge in [0.25, 0.3) is 0 Å². The molecule has 1 aliphatic heterocycles. The van der Waals surface area contributed by atoms with E-state index in [2.05, 4.69) is 29.3 Å². The van der Waals surface area contributed by atoms with Gasteiger partial charge in [-0.25, -0.2) is 0 Å². The first-order chi connectivity index (χ1) is 7.75. The zero-order valence-electron chi connectivity index (χ0n) is 9.80. The number of benzene rings is 1. The average molecular weight is 239 g/mol. The first-order valence-electron chi connectivity index (χ1n) is 5.94. The Morgan fingerprint density at radius 1 is 1.31 bits per heavy atom.